The molecule has 0 aromatic heterocycles. The molecule has 1 aromatic rings. The van der Waals surface area contributed by atoms with Crippen LogP contribution in [0.5, 0.6) is 0 Å². The first-order valence-corrected chi connectivity index (χ1v) is 5.63. The molecule has 1 aliphatic carbocycles. The summed E-state index contributed by atoms with van der Waals surface area (Å²) in [5.74, 6) is -0.313. The van der Waals surface area contributed by atoms with Crippen molar-refractivity contribution in [2.24, 2.45) is 5.73 Å². The summed E-state index contributed by atoms with van der Waals surface area (Å²) in [6.07, 6.45) is 3.38. The van der Waals surface area contributed by atoms with Gasteiger partial charge in [0.05, 0.1) is 5.02 Å². The minimum absolute atomic E-state index is 0.0576. The van der Waals surface area contributed by atoms with Gasteiger partial charge in [0, 0.05) is 12.0 Å². The Hall–Kier alpha value is -0.600. The highest BCUT2D eigenvalue weighted by Crippen LogP contribution is 2.44. The minimum atomic E-state index is -0.313. The molecule has 0 radical (unpaired) electrons. The molecular weight excluding hydrogens is 213 g/mol. The Morgan fingerprint density at radius 3 is 2.53 bits per heavy atom. The van der Waals surface area contributed by atoms with Gasteiger partial charge in [-0.1, -0.05) is 24.1 Å². The van der Waals surface area contributed by atoms with E-state index < -0.39 is 0 Å². The SMILES string of the molecule is Cc1cc(C2(CN)CCC2)cc(Cl)c1F. The first-order chi connectivity index (χ1) is 7.09. The van der Waals surface area contributed by atoms with E-state index in [-0.39, 0.29) is 16.3 Å². The number of hydrogen-bond donors (Lipinski definition) is 1. The zero-order valence-electron chi connectivity index (χ0n) is 8.82. The molecule has 3 heteroatoms. The Labute approximate surface area is 94.4 Å². The molecule has 1 nitrogen and oxygen atoms in total. The average molecular weight is 228 g/mol. The predicted molar refractivity (Wildman–Crippen MR) is 60.7 cm³/mol. The van der Waals surface area contributed by atoms with E-state index in [1.54, 1.807) is 13.0 Å². The van der Waals surface area contributed by atoms with Gasteiger partial charge in [-0.25, -0.2) is 4.39 Å². The molecule has 0 unspecified atom stereocenters. The van der Waals surface area contributed by atoms with Crippen LogP contribution < -0.4 is 5.73 Å². The fraction of sp³-hybridized carbons (Fsp3) is 0.500. The van der Waals surface area contributed by atoms with Crippen LogP contribution in [0.1, 0.15) is 30.4 Å². The van der Waals surface area contributed by atoms with Crippen LogP contribution in [0.4, 0.5) is 4.39 Å². The smallest absolute Gasteiger partial charge is 0.144 e. The second-order valence-corrected chi connectivity index (χ2v) is 4.83. The van der Waals surface area contributed by atoms with Crippen molar-refractivity contribution in [2.75, 3.05) is 6.54 Å². The minimum Gasteiger partial charge on any atom is -0.330 e. The average Bonchev–Trinajstić information content (AvgIpc) is 2.13. The van der Waals surface area contributed by atoms with Gasteiger partial charge in [-0.05, 0) is 37.0 Å². The van der Waals surface area contributed by atoms with E-state index >= 15 is 0 Å². The summed E-state index contributed by atoms with van der Waals surface area (Å²) in [5.41, 5.74) is 7.57. The molecule has 2 rings (SSSR count). The lowest BCUT2D eigenvalue weighted by molar-refractivity contribution is 0.252. The summed E-state index contributed by atoms with van der Waals surface area (Å²) in [6, 6.07) is 3.61. The lowest BCUT2D eigenvalue weighted by atomic mass is 9.64. The maximum absolute atomic E-state index is 13.4. The summed E-state index contributed by atoms with van der Waals surface area (Å²) in [5, 5.41) is 0.213. The quantitative estimate of drug-likeness (QED) is 0.825. The second-order valence-electron chi connectivity index (χ2n) is 4.43. The van der Waals surface area contributed by atoms with Crippen molar-refractivity contribution < 1.29 is 4.39 Å². The fourth-order valence-electron chi connectivity index (χ4n) is 2.25. The van der Waals surface area contributed by atoms with Crippen molar-refractivity contribution >= 4 is 11.6 Å². The Morgan fingerprint density at radius 2 is 2.13 bits per heavy atom. The van der Waals surface area contributed by atoms with E-state index in [2.05, 4.69) is 0 Å². The zero-order chi connectivity index (χ0) is 11.1. The van der Waals surface area contributed by atoms with Gasteiger partial charge in [-0.15, -0.1) is 0 Å². The molecule has 0 atom stereocenters. The highest BCUT2D eigenvalue weighted by atomic mass is 35.5. The third-order valence-electron chi connectivity index (χ3n) is 3.52. The number of hydrogen-bond acceptors (Lipinski definition) is 1. The molecule has 0 amide bonds. The topological polar surface area (TPSA) is 26.0 Å². The van der Waals surface area contributed by atoms with Crippen LogP contribution in [0, 0.1) is 12.7 Å². The molecule has 15 heavy (non-hydrogen) atoms. The van der Waals surface area contributed by atoms with Crippen LogP contribution in [0.2, 0.25) is 5.02 Å². The normalized spacial score (nSPS) is 18.7. The highest BCUT2D eigenvalue weighted by molar-refractivity contribution is 6.30. The summed E-state index contributed by atoms with van der Waals surface area (Å²) in [7, 11) is 0. The van der Waals surface area contributed by atoms with Crippen LogP contribution in [0.3, 0.4) is 0 Å². The van der Waals surface area contributed by atoms with Crippen molar-refractivity contribution in [1.29, 1.82) is 0 Å². The number of nitrogens with two attached hydrogens (primary N) is 1. The number of halogens is 2. The molecule has 1 aromatic carbocycles. The molecule has 0 saturated heterocycles. The molecule has 0 aliphatic heterocycles. The zero-order valence-corrected chi connectivity index (χ0v) is 9.57. The molecule has 0 bridgehead atoms. The van der Waals surface area contributed by atoms with Gasteiger partial charge in [0.1, 0.15) is 5.82 Å². The summed E-state index contributed by atoms with van der Waals surface area (Å²) < 4.78 is 13.4. The monoisotopic (exact) mass is 227 g/mol. The first-order valence-electron chi connectivity index (χ1n) is 5.25. The van der Waals surface area contributed by atoms with Gasteiger partial charge in [-0.3, -0.25) is 0 Å². The van der Waals surface area contributed by atoms with Crippen molar-refractivity contribution in [1.82, 2.24) is 0 Å². The maximum atomic E-state index is 13.4. The van der Waals surface area contributed by atoms with E-state index in [0.29, 0.717) is 12.1 Å². The first kappa shape index (κ1) is 10.9. The summed E-state index contributed by atoms with van der Waals surface area (Å²) >= 11 is 5.85. The molecule has 0 spiro atoms. The third-order valence-corrected chi connectivity index (χ3v) is 3.80. The van der Waals surface area contributed by atoms with E-state index in [1.165, 1.54) is 6.42 Å². The molecule has 1 saturated carbocycles. The highest BCUT2D eigenvalue weighted by Gasteiger charge is 2.37. The second kappa shape index (κ2) is 3.76. The Bertz CT molecular complexity index is 357. The molecule has 0 heterocycles. The molecule has 82 valence electrons. The fourth-order valence-corrected chi connectivity index (χ4v) is 2.51. The standard InChI is InChI=1S/C12H15ClFN/c1-8-5-9(6-10(13)11(8)14)12(7-15)3-2-4-12/h5-6H,2-4,7,15H2,1H3. The van der Waals surface area contributed by atoms with E-state index in [9.17, 15) is 4.39 Å². The molecular formula is C12H15ClFN. The van der Waals surface area contributed by atoms with Gasteiger partial charge in [0.25, 0.3) is 0 Å². The van der Waals surface area contributed by atoms with Crippen molar-refractivity contribution in [3.63, 3.8) is 0 Å². The Balaban J connectivity index is 2.45. The summed E-state index contributed by atoms with van der Waals surface area (Å²) in [4.78, 5) is 0. The van der Waals surface area contributed by atoms with Crippen LogP contribution >= 0.6 is 11.6 Å². The van der Waals surface area contributed by atoms with Crippen molar-refractivity contribution in [3.05, 3.63) is 34.1 Å². The van der Waals surface area contributed by atoms with E-state index in [1.807, 2.05) is 6.07 Å². The van der Waals surface area contributed by atoms with Crippen LogP contribution in [0.25, 0.3) is 0 Å². The van der Waals surface area contributed by atoms with Gasteiger partial charge in [-0.2, -0.15) is 0 Å². The Kier molecular flexibility index (Phi) is 2.73. The van der Waals surface area contributed by atoms with Gasteiger partial charge in [0.15, 0.2) is 0 Å². The van der Waals surface area contributed by atoms with Crippen molar-refractivity contribution in [3.8, 4) is 0 Å². The predicted octanol–water partition coefficient (Wildman–Crippen LogP) is 3.17. The Morgan fingerprint density at radius 1 is 1.47 bits per heavy atom. The van der Waals surface area contributed by atoms with Gasteiger partial charge in [0.2, 0.25) is 0 Å². The van der Waals surface area contributed by atoms with Crippen molar-refractivity contribution in [2.45, 2.75) is 31.6 Å². The third kappa shape index (κ3) is 1.66. The lowest BCUT2D eigenvalue weighted by Gasteiger charge is -2.41. The van der Waals surface area contributed by atoms with Gasteiger partial charge < -0.3 is 5.73 Å². The lowest BCUT2D eigenvalue weighted by Crippen LogP contribution is -2.41. The molecule has 1 fully saturated rings. The number of aryl methyl sites for hydroxylation is 1. The van der Waals surface area contributed by atoms with Crippen LogP contribution in [0.15, 0.2) is 12.1 Å². The van der Waals surface area contributed by atoms with E-state index in [0.717, 1.165) is 18.4 Å². The van der Waals surface area contributed by atoms with Gasteiger partial charge >= 0.3 is 0 Å². The molecule has 1 aliphatic rings. The number of rotatable bonds is 2. The largest absolute Gasteiger partial charge is 0.330 e. The number of benzene rings is 1. The maximum Gasteiger partial charge on any atom is 0.144 e. The van der Waals surface area contributed by atoms with Crippen LogP contribution in [-0.2, 0) is 5.41 Å². The van der Waals surface area contributed by atoms with Crippen LogP contribution in [-0.4, -0.2) is 6.54 Å². The summed E-state index contributed by atoms with van der Waals surface area (Å²) in [6.45, 7) is 2.36. The van der Waals surface area contributed by atoms with E-state index in [4.69, 9.17) is 17.3 Å². The molecule has 2 N–H and O–H groups in total.